The minimum atomic E-state index is -0.177. The second kappa shape index (κ2) is 8.08. The van der Waals surface area contributed by atoms with Crippen molar-refractivity contribution in [1.29, 1.82) is 0 Å². The Morgan fingerprint density at radius 2 is 1.86 bits per heavy atom. The Kier molecular flexibility index (Phi) is 6.11. The van der Waals surface area contributed by atoms with Gasteiger partial charge in [-0.15, -0.1) is 11.8 Å². The third kappa shape index (κ3) is 4.77. The maximum Gasteiger partial charge on any atom is 0.315 e. The van der Waals surface area contributed by atoms with Crippen LogP contribution < -0.4 is 0 Å². The van der Waals surface area contributed by atoms with Crippen molar-refractivity contribution in [2.75, 3.05) is 25.4 Å². The average Bonchev–Trinajstić information content (AvgIpc) is 3.02. The highest BCUT2D eigenvalue weighted by atomic mass is 32.2. The molecule has 0 bridgehead atoms. The number of likely N-dealkylation sites (tertiary alicyclic amines) is 1. The molecule has 0 N–H and O–H groups in total. The average molecular weight is 307 g/mol. The molecule has 0 aliphatic carbocycles. The fourth-order valence-corrected chi connectivity index (χ4v) is 3.08. The molecule has 1 aliphatic rings. The van der Waals surface area contributed by atoms with Gasteiger partial charge in [0.2, 0.25) is 0 Å². The number of carbonyl (C=O) groups excluding carboxylic acids is 2. The van der Waals surface area contributed by atoms with Gasteiger partial charge in [0, 0.05) is 24.4 Å². The van der Waals surface area contributed by atoms with E-state index >= 15 is 0 Å². The Bertz CT molecular complexity index is 481. The zero-order chi connectivity index (χ0) is 15.1. The number of thioether (sulfide) groups is 1. The molecule has 114 valence electrons. The van der Waals surface area contributed by atoms with Crippen LogP contribution in [0.5, 0.6) is 0 Å². The maximum atomic E-state index is 12.2. The summed E-state index contributed by atoms with van der Waals surface area (Å²) in [5.41, 5.74) is 1.86. The summed E-state index contributed by atoms with van der Waals surface area (Å²) < 4.78 is 4.88. The first-order valence-electron chi connectivity index (χ1n) is 7.32. The number of rotatable bonds is 6. The lowest BCUT2D eigenvalue weighted by atomic mass is 10.1. The van der Waals surface area contributed by atoms with E-state index in [2.05, 4.69) is 0 Å². The van der Waals surface area contributed by atoms with Crippen molar-refractivity contribution in [1.82, 2.24) is 4.90 Å². The van der Waals surface area contributed by atoms with Crippen LogP contribution in [0.15, 0.2) is 24.3 Å². The van der Waals surface area contributed by atoms with Crippen LogP contribution in [0.25, 0.3) is 0 Å². The lowest BCUT2D eigenvalue weighted by Crippen LogP contribution is -2.27. The predicted octanol–water partition coefficient (Wildman–Crippen LogP) is 2.72. The molecule has 0 saturated carbocycles. The number of nitrogens with zero attached hydrogens (tertiary/aromatic N) is 1. The highest BCUT2D eigenvalue weighted by Gasteiger charge is 2.19. The van der Waals surface area contributed by atoms with Crippen molar-refractivity contribution >= 4 is 23.6 Å². The van der Waals surface area contributed by atoms with Gasteiger partial charge in [0.05, 0.1) is 12.4 Å². The van der Waals surface area contributed by atoms with Gasteiger partial charge in [-0.3, -0.25) is 9.59 Å². The van der Waals surface area contributed by atoms with Crippen LogP contribution in [0.3, 0.4) is 0 Å². The Hall–Kier alpha value is -1.49. The lowest BCUT2D eigenvalue weighted by Gasteiger charge is -2.15. The van der Waals surface area contributed by atoms with E-state index in [0.29, 0.717) is 12.4 Å². The number of hydrogen-bond acceptors (Lipinski definition) is 4. The van der Waals surface area contributed by atoms with Crippen LogP contribution in [0, 0.1) is 0 Å². The molecular weight excluding hydrogens is 286 g/mol. The van der Waals surface area contributed by atoms with Crippen LogP contribution in [0.4, 0.5) is 0 Å². The molecule has 0 spiro atoms. The first-order valence-corrected chi connectivity index (χ1v) is 8.47. The van der Waals surface area contributed by atoms with E-state index in [4.69, 9.17) is 4.74 Å². The summed E-state index contributed by atoms with van der Waals surface area (Å²) in [5.74, 6) is 1.06. The quantitative estimate of drug-likeness (QED) is 0.758. The molecular formula is C16H21NO3S. The number of carbonyl (C=O) groups is 2. The maximum absolute atomic E-state index is 12.2. The molecule has 1 aromatic rings. The number of esters is 1. The third-order valence-corrected chi connectivity index (χ3v) is 4.37. The molecule has 2 rings (SSSR count). The van der Waals surface area contributed by atoms with Crippen molar-refractivity contribution in [3.8, 4) is 0 Å². The Morgan fingerprint density at radius 3 is 2.48 bits per heavy atom. The molecule has 1 amide bonds. The zero-order valence-electron chi connectivity index (χ0n) is 12.3. The SMILES string of the molecule is CCOC(=O)CSCc1ccc(C(=O)N2CCCC2)cc1. The monoisotopic (exact) mass is 307 g/mol. The summed E-state index contributed by atoms with van der Waals surface area (Å²) in [5, 5.41) is 0. The molecule has 0 atom stereocenters. The van der Waals surface area contributed by atoms with Gasteiger partial charge < -0.3 is 9.64 Å². The second-order valence-corrected chi connectivity index (χ2v) is 5.98. The molecule has 1 aromatic carbocycles. The smallest absolute Gasteiger partial charge is 0.315 e. The highest BCUT2D eigenvalue weighted by Crippen LogP contribution is 2.16. The second-order valence-electron chi connectivity index (χ2n) is 4.99. The van der Waals surface area contributed by atoms with E-state index in [9.17, 15) is 9.59 Å². The zero-order valence-corrected chi connectivity index (χ0v) is 13.2. The van der Waals surface area contributed by atoms with Crippen LogP contribution in [0.2, 0.25) is 0 Å². The van der Waals surface area contributed by atoms with E-state index in [1.807, 2.05) is 29.2 Å². The summed E-state index contributed by atoms with van der Waals surface area (Å²) in [7, 11) is 0. The number of benzene rings is 1. The summed E-state index contributed by atoms with van der Waals surface area (Å²) in [4.78, 5) is 25.3. The first-order chi connectivity index (χ1) is 10.2. The number of ether oxygens (including phenoxy) is 1. The summed E-state index contributed by atoms with van der Waals surface area (Å²) in [6.45, 7) is 3.97. The molecule has 1 saturated heterocycles. The van der Waals surface area contributed by atoms with Crippen LogP contribution >= 0.6 is 11.8 Å². The Labute approximate surface area is 129 Å². The summed E-state index contributed by atoms with van der Waals surface area (Å²) in [6.07, 6.45) is 2.21. The van der Waals surface area contributed by atoms with E-state index < -0.39 is 0 Å². The van der Waals surface area contributed by atoms with Gasteiger partial charge >= 0.3 is 5.97 Å². The molecule has 1 aliphatic heterocycles. The molecule has 4 nitrogen and oxygen atoms in total. The molecule has 1 heterocycles. The largest absolute Gasteiger partial charge is 0.465 e. The van der Waals surface area contributed by atoms with Gasteiger partial charge in [-0.2, -0.15) is 0 Å². The van der Waals surface area contributed by atoms with E-state index in [1.165, 1.54) is 11.8 Å². The summed E-state index contributed by atoms with van der Waals surface area (Å²) in [6, 6.07) is 7.67. The lowest BCUT2D eigenvalue weighted by molar-refractivity contribution is -0.139. The van der Waals surface area contributed by atoms with Gasteiger partial charge in [-0.25, -0.2) is 0 Å². The fraction of sp³-hybridized carbons (Fsp3) is 0.500. The van der Waals surface area contributed by atoms with Crippen molar-refractivity contribution < 1.29 is 14.3 Å². The van der Waals surface area contributed by atoms with Gasteiger partial charge in [0.1, 0.15) is 0 Å². The van der Waals surface area contributed by atoms with E-state index in [1.54, 1.807) is 6.92 Å². The van der Waals surface area contributed by atoms with E-state index in [0.717, 1.165) is 42.8 Å². The molecule has 0 radical (unpaired) electrons. The van der Waals surface area contributed by atoms with Crippen molar-refractivity contribution in [2.45, 2.75) is 25.5 Å². The van der Waals surface area contributed by atoms with Gasteiger partial charge in [-0.1, -0.05) is 12.1 Å². The van der Waals surface area contributed by atoms with Crippen molar-refractivity contribution in [3.63, 3.8) is 0 Å². The number of hydrogen-bond donors (Lipinski definition) is 0. The van der Waals surface area contributed by atoms with Crippen LogP contribution in [0.1, 0.15) is 35.7 Å². The molecule has 0 aromatic heterocycles. The van der Waals surface area contributed by atoms with Crippen LogP contribution in [-0.4, -0.2) is 42.2 Å². The minimum Gasteiger partial charge on any atom is -0.465 e. The number of amides is 1. The molecule has 5 heteroatoms. The highest BCUT2D eigenvalue weighted by molar-refractivity contribution is 7.99. The first kappa shape index (κ1) is 15.9. The van der Waals surface area contributed by atoms with Crippen LogP contribution in [-0.2, 0) is 15.3 Å². The van der Waals surface area contributed by atoms with Gasteiger partial charge in [0.15, 0.2) is 0 Å². The normalized spacial score (nSPS) is 14.2. The molecule has 21 heavy (non-hydrogen) atoms. The Morgan fingerprint density at radius 1 is 1.19 bits per heavy atom. The fourth-order valence-electron chi connectivity index (χ4n) is 2.30. The van der Waals surface area contributed by atoms with E-state index in [-0.39, 0.29) is 11.9 Å². The Balaban J connectivity index is 1.81. The van der Waals surface area contributed by atoms with Gasteiger partial charge in [0.25, 0.3) is 5.91 Å². The molecule has 1 fully saturated rings. The predicted molar refractivity (Wildman–Crippen MR) is 84.4 cm³/mol. The van der Waals surface area contributed by atoms with Crippen molar-refractivity contribution in [2.24, 2.45) is 0 Å². The third-order valence-electron chi connectivity index (χ3n) is 3.39. The van der Waals surface area contributed by atoms with Crippen molar-refractivity contribution in [3.05, 3.63) is 35.4 Å². The minimum absolute atomic E-state index is 0.123. The standard InChI is InChI=1S/C16H21NO3S/c1-2-20-15(18)12-21-11-13-5-7-14(8-6-13)16(19)17-9-3-4-10-17/h5-8H,2-4,9-12H2,1H3. The van der Waals surface area contributed by atoms with Gasteiger partial charge in [-0.05, 0) is 37.5 Å². The molecule has 0 unspecified atom stereocenters. The summed E-state index contributed by atoms with van der Waals surface area (Å²) >= 11 is 1.52. The topological polar surface area (TPSA) is 46.6 Å².